The van der Waals surface area contributed by atoms with Crippen molar-refractivity contribution in [2.75, 3.05) is 13.2 Å². The smallest absolute Gasteiger partial charge is 0.255 e. The Bertz CT molecular complexity index is 560. The molecule has 6 heteroatoms. The Morgan fingerprint density at radius 3 is 2.83 bits per heavy atom. The summed E-state index contributed by atoms with van der Waals surface area (Å²) in [6.07, 6.45) is 3.20. The van der Waals surface area contributed by atoms with Gasteiger partial charge in [0.25, 0.3) is 5.91 Å². The molecule has 2 aromatic rings. The summed E-state index contributed by atoms with van der Waals surface area (Å²) < 4.78 is 1.59. The lowest BCUT2D eigenvalue weighted by Gasteiger charge is -2.25. The van der Waals surface area contributed by atoms with E-state index in [-0.39, 0.29) is 19.1 Å². The van der Waals surface area contributed by atoms with Crippen LogP contribution in [0.2, 0.25) is 0 Å². The summed E-state index contributed by atoms with van der Waals surface area (Å²) in [4.78, 5) is 12.1. The van der Waals surface area contributed by atoms with Crippen LogP contribution in [-0.2, 0) is 0 Å². The van der Waals surface area contributed by atoms with Crippen LogP contribution in [-0.4, -0.2) is 44.5 Å². The van der Waals surface area contributed by atoms with Gasteiger partial charge in [0.2, 0.25) is 0 Å². The van der Waals surface area contributed by atoms with Crippen molar-refractivity contribution in [2.45, 2.75) is 12.5 Å². The highest BCUT2D eigenvalue weighted by molar-refractivity contribution is 6.00. The quantitative estimate of drug-likeness (QED) is 0.700. The highest BCUT2D eigenvalue weighted by Crippen LogP contribution is 2.11. The van der Waals surface area contributed by atoms with E-state index in [2.05, 4.69) is 10.4 Å². The average Bonchev–Trinajstić information content (AvgIpc) is 2.82. The maximum atomic E-state index is 12.1. The SMILES string of the molecule is CC(CO)(CO)NC(=O)c1cnn2ccccc12. The number of aliphatic hydroxyl groups excluding tert-OH is 2. The number of amides is 1. The third kappa shape index (κ3) is 2.20. The van der Waals surface area contributed by atoms with Gasteiger partial charge in [0.05, 0.1) is 36.0 Å². The fraction of sp³-hybridized carbons (Fsp3) is 0.333. The second-order valence-electron chi connectivity index (χ2n) is 4.42. The van der Waals surface area contributed by atoms with E-state index in [0.717, 1.165) is 0 Å². The molecule has 0 saturated carbocycles. The Kier molecular flexibility index (Phi) is 3.31. The first-order chi connectivity index (χ1) is 8.59. The fourth-order valence-electron chi connectivity index (χ4n) is 1.58. The monoisotopic (exact) mass is 249 g/mol. The number of fused-ring (bicyclic) bond motifs is 1. The van der Waals surface area contributed by atoms with Crippen LogP contribution >= 0.6 is 0 Å². The molecule has 2 rings (SSSR count). The number of nitrogens with zero attached hydrogens (tertiary/aromatic N) is 2. The molecular formula is C12H15N3O3. The standard InChI is InChI=1S/C12H15N3O3/c1-12(7-16,8-17)14-11(18)9-6-13-15-5-3-2-4-10(9)15/h2-6,16-17H,7-8H2,1H3,(H,14,18). The number of carbonyl (C=O) groups is 1. The van der Waals surface area contributed by atoms with Crippen LogP contribution in [0, 0.1) is 0 Å². The van der Waals surface area contributed by atoms with Crippen LogP contribution in [0.15, 0.2) is 30.6 Å². The summed E-state index contributed by atoms with van der Waals surface area (Å²) in [7, 11) is 0. The summed E-state index contributed by atoms with van der Waals surface area (Å²) in [5, 5.41) is 24.9. The molecule has 18 heavy (non-hydrogen) atoms. The third-order valence-electron chi connectivity index (χ3n) is 2.78. The maximum Gasteiger partial charge on any atom is 0.255 e. The number of carbonyl (C=O) groups excluding carboxylic acids is 1. The molecule has 0 bridgehead atoms. The highest BCUT2D eigenvalue weighted by atomic mass is 16.3. The summed E-state index contributed by atoms with van der Waals surface area (Å²) in [5.41, 5.74) is 0.0390. The number of rotatable bonds is 4. The van der Waals surface area contributed by atoms with Gasteiger partial charge in [-0.2, -0.15) is 5.10 Å². The van der Waals surface area contributed by atoms with Crippen molar-refractivity contribution in [3.63, 3.8) is 0 Å². The Morgan fingerprint density at radius 1 is 1.44 bits per heavy atom. The van der Waals surface area contributed by atoms with Crippen LogP contribution < -0.4 is 5.32 Å². The number of pyridine rings is 1. The molecule has 2 heterocycles. The van der Waals surface area contributed by atoms with Crippen molar-refractivity contribution in [1.29, 1.82) is 0 Å². The van der Waals surface area contributed by atoms with Crippen molar-refractivity contribution in [1.82, 2.24) is 14.9 Å². The Morgan fingerprint density at radius 2 is 2.17 bits per heavy atom. The number of aromatic nitrogens is 2. The topological polar surface area (TPSA) is 86.9 Å². The minimum Gasteiger partial charge on any atom is -0.394 e. The molecule has 0 aliphatic heterocycles. The van der Waals surface area contributed by atoms with Gasteiger partial charge in [-0.3, -0.25) is 4.79 Å². The zero-order chi connectivity index (χ0) is 13.2. The van der Waals surface area contributed by atoms with Crippen LogP contribution in [0.4, 0.5) is 0 Å². The number of hydrogen-bond acceptors (Lipinski definition) is 4. The van der Waals surface area contributed by atoms with Gasteiger partial charge in [0, 0.05) is 6.20 Å². The Hall–Kier alpha value is -1.92. The zero-order valence-electron chi connectivity index (χ0n) is 10.00. The molecule has 6 nitrogen and oxygen atoms in total. The van der Waals surface area contributed by atoms with Gasteiger partial charge in [0.1, 0.15) is 0 Å². The van der Waals surface area contributed by atoms with Gasteiger partial charge in [-0.05, 0) is 19.1 Å². The molecule has 0 aliphatic rings. The molecule has 0 aromatic carbocycles. The molecule has 0 unspecified atom stereocenters. The van der Waals surface area contributed by atoms with Crippen LogP contribution in [0.5, 0.6) is 0 Å². The van der Waals surface area contributed by atoms with Crippen LogP contribution in [0.25, 0.3) is 5.52 Å². The van der Waals surface area contributed by atoms with Crippen molar-refractivity contribution < 1.29 is 15.0 Å². The fourth-order valence-corrected chi connectivity index (χ4v) is 1.58. The third-order valence-corrected chi connectivity index (χ3v) is 2.78. The van der Waals surface area contributed by atoms with Gasteiger partial charge in [-0.25, -0.2) is 4.52 Å². The normalized spacial score (nSPS) is 11.7. The second kappa shape index (κ2) is 4.75. The first-order valence-corrected chi connectivity index (χ1v) is 5.56. The summed E-state index contributed by atoms with van der Waals surface area (Å²) >= 11 is 0. The molecule has 3 N–H and O–H groups in total. The molecule has 0 spiro atoms. The zero-order valence-corrected chi connectivity index (χ0v) is 10.00. The molecule has 1 amide bonds. The Labute approximate surface area is 104 Å². The minimum absolute atomic E-state index is 0.339. The van der Waals surface area contributed by atoms with E-state index in [1.807, 2.05) is 12.1 Å². The lowest BCUT2D eigenvalue weighted by atomic mass is 10.0. The molecule has 0 saturated heterocycles. The van der Waals surface area contributed by atoms with E-state index in [1.54, 1.807) is 23.7 Å². The summed E-state index contributed by atoms with van der Waals surface area (Å²) in [6, 6.07) is 5.40. The number of hydrogen-bond donors (Lipinski definition) is 3. The predicted octanol–water partition coefficient (Wildman–Crippen LogP) is -0.193. The highest BCUT2D eigenvalue weighted by Gasteiger charge is 2.26. The van der Waals surface area contributed by atoms with Gasteiger partial charge < -0.3 is 15.5 Å². The van der Waals surface area contributed by atoms with E-state index >= 15 is 0 Å². The van der Waals surface area contributed by atoms with Gasteiger partial charge >= 0.3 is 0 Å². The van der Waals surface area contributed by atoms with Crippen molar-refractivity contribution in [2.24, 2.45) is 0 Å². The molecule has 2 aromatic heterocycles. The first-order valence-electron chi connectivity index (χ1n) is 5.56. The van der Waals surface area contributed by atoms with Gasteiger partial charge in [0.15, 0.2) is 0 Å². The molecule has 0 atom stereocenters. The second-order valence-corrected chi connectivity index (χ2v) is 4.42. The van der Waals surface area contributed by atoms with E-state index in [0.29, 0.717) is 11.1 Å². The molecule has 0 aliphatic carbocycles. The van der Waals surface area contributed by atoms with Gasteiger partial charge in [-0.1, -0.05) is 6.07 Å². The van der Waals surface area contributed by atoms with Crippen LogP contribution in [0.1, 0.15) is 17.3 Å². The summed E-state index contributed by atoms with van der Waals surface area (Å²) in [6.45, 7) is 0.888. The average molecular weight is 249 g/mol. The van der Waals surface area contributed by atoms with Crippen LogP contribution in [0.3, 0.4) is 0 Å². The van der Waals surface area contributed by atoms with E-state index < -0.39 is 5.54 Å². The van der Waals surface area contributed by atoms with Crippen molar-refractivity contribution >= 4 is 11.4 Å². The lowest BCUT2D eigenvalue weighted by Crippen LogP contribution is -2.51. The largest absolute Gasteiger partial charge is 0.394 e. The van der Waals surface area contributed by atoms with Crippen molar-refractivity contribution in [3.8, 4) is 0 Å². The lowest BCUT2D eigenvalue weighted by molar-refractivity contribution is 0.0725. The maximum absolute atomic E-state index is 12.1. The Balaban J connectivity index is 2.29. The molecule has 0 fully saturated rings. The first kappa shape index (κ1) is 12.5. The number of nitrogens with one attached hydrogen (secondary N) is 1. The predicted molar refractivity (Wildman–Crippen MR) is 65.2 cm³/mol. The molecular weight excluding hydrogens is 234 g/mol. The van der Waals surface area contributed by atoms with Gasteiger partial charge in [-0.15, -0.1) is 0 Å². The van der Waals surface area contributed by atoms with E-state index in [4.69, 9.17) is 10.2 Å². The molecule has 0 radical (unpaired) electrons. The minimum atomic E-state index is -1.04. The van der Waals surface area contributed by atoms with Crippen molar-refractivity contribution in [3.05, 3.63) is 36.2 Å². The molecule has 96 valence electrons. The summed E-state index contributed by atoms with van der Waals surface area (Å²) in [5.74, 6) is -0.373. The van der Waals surface area contributed by atoms with E-state index in [9.17, 15) is 4.79 Å². The van der Waals surface area contributed by atoms with E-state index in [1.165, 1.54) is 6.20 Å². The number of aliphatic hydroxyl groups is 2.